The fourth-order valence-electron chi connectivity index (χ4n) is 2.77. The van der Waals surface area contributed by atoms with Crippen molar-refractivity contribution in [3.05, 3.63) is 35.4 Å². The molecule has 7 nitrogen and oxygen atoms in total. The monoisotopic (exact) mass is 369 g/mol. The van der Waals surface area contributed by atoms with Crippen LogP contribution in [0.15, 0.2) is 18.6 Å². The average Bonchev–Trinajstić information content (AvgIpc) is 3.25. The van der Waals surface area contributed by atoms with Crippen LogP contribution in [-0.4, -0.2) is 45.4 Å². The van der Waals surface area contributed by atoms with Gasteiger partial charge in [0.05, 0.1) is 13.2 Å². The number of carbonyl (C=O) groups excluding carboxylic acids is 1. The number of hydrogen-bond acceptors (Lipinski definition) is 6. The lowest BCUT2D eigenvalue weighted by Crippen LogP contribution is -2.20. The maximum Gasteiger partial charge on any atom is 0.436 e. The van der Waals surface area contributed by atoms with Gasteiger partial charge in [-0.15, -0.1) is 0 Å². The van der Waals surface area contributed by atoms with Crippen molar-refractivity contribution in [2.24, 2.45) is 0 Å². The molecule has 0 unspecified atom stereocenters. The molecule has 1 fully saturated rings. The summed E-state index contributed by atoms with van der Waals surface area (Å²) in [5, 5.41) is 3.50. The molecule has 2 aromatic heterocycles. The van der Waals surface area contributed by atoms with Crippen molar-refractivity contribution in [1.82, 2.24) is 19.7 Å². The molecule has 3 rings (SSSR count). The molecule has 0 amide bonds. The van der Waals surface area contributed by atoms with E-state index in [1.807, 2.05) is 0 Å². The third-order valence-electron chi connectivity index (χ3n) is 3.95. The molecular formula is C16H18F3N5O2. The van der Waals surface area contributed by atoms with Gasteiger partial charge in [0.15, 0.2) is 5.69 Å². The van der Waals surface area contributed by atoms with Crippen molar-refractivity contribution < 1.29 is 22.7 Å². The van der Waals surface area contributed by atoms with Gasteiger partial charge in [-0.1, -0.05) is 0 Å². The average molecular weight is 369 g/mol. The number of esters is 1. The van der Waals surface area contributed by atoms with Crippen LogP contribution in [0, 0.1) is 0 Å². The molecule has 0 N–H and O–H groups in total. The summed E-state index contributed by atoms with van der Waals surface area (Å²) in [4.78, 5) is 22.3. The van der Waals surface area contributed by atoms with E-state index in [1.165, 1.54) is 6.92 Å². The van der Waals surface area contributed by atoms with E-state index in [9.17, 15) is 18.0 Å². The van der Waals surface area contributed by atoms with Crippen molar-refractivity contribution in [2.75, 3.05) is 24.6 Å². The van der Waals surface area contributed by atoms with Crippen molar-refractivity contribution in [3.63, 3.8) is 0 Å². The molecule has 10 heteroatoms. The molecule has 1 saturated heterocycles. The summed E-state index contributed by atoms with van der Waals surface area (Å²) in [5.41, 5.74) is -1.28. The summed E-state index contributed by atoms with van der Waals surface area (Å²) in [5.74, 6) is -0.443. The number of anilines is 1. The van der Waals surface area contributed by atoms with E-state index in [1.54, 1.807) is 12.4 Å². The van der Waals surface area contributed by atoms with Crippen LogP contribution in [0.4, 0.5) is 19.1 Å². The van der Waals surface area contributed by atoms with Gasteiger partial charge in [0.25, 0.3) is 0 Å². The van der Waals surface area contributed by atoms with Crippen LogP contribution in [0.1, 0.15) is 41.4 Å². The molecule has 0 aromatic carbocycles. The number of halogens is 3. The fraction of sp³-hybridized carbons (Fsp3) is 0.500. The minimum Gasteiger partial charge on any atom is -0.462 e. The lowest BCUT2D eigenvalue weighted by Gasteiger charge is -2.14. The maximum atomic E-state index is 13.1. The molecule has 0 radical (unpaired) electrons. The number of hydrogen-bond donors (Lipinski definition) is 0. The molecule has 0 aliphatic carbocycles. The quantitative estimate of drug-likeness (QED) is 0.754. The van der Waals surface area contributed by atoms with Gasteiger partial charge in [0.2, 0.25) is 5.95 Å². The first-order chi connectivity index (χ1) is 12.4. The zero-order chi connectivity index (χ0) is 18.7. The Balaban J connectivity index is 1.79. The Morgan fingerprint density at radius 3 is 2.46 bits per heavy atom. The topological polar surface area (TPSA) is 73.1 Å². The Bertz CT molecular complexity index is 767. The van der Waals surface area contributed by atoms with Crippen LogP contribution >= 0.6 is 0 Å². The third-order valence-corrected chi connectivity index (χ3v) is 3.95. The Hall–Kier alpha value is -2.65. The summed E-state index contributed by atoms with van der Waals surface area (Å²) >= 11 is 0. The Labute approximate surface area is 147 Å². The highest BCUT2D eigenvalue weighted by molar-refractivity contribution is 5.90. The van der Waals surface area contributed by atoms with E-state index >= 15 is 0 Å². The second kappa shape index (κ2) is 7.30. The van der Waals surface area contributed by atoms with Gasteiger partial charge in [0, 0.05) is 37.2 Å². The van der Waals surface area contributed by atoms with E-state index in [0.29, 0.717) is 11.5 Å². The fourth-order valence-corrected chi connectivity index (χ4v) is 2.77. The highest BCUT2D eigenvalue weighted by Crippen LogP contribution is 2.31. The van der Waals surface area contributed by atoms with Crippen LogP contribution in [-0.2, 0) is 17.5 Å². The predicted molar refractivity (Wildman–Crippen MR) is 85.8 cm³/mol. The lowest BCUT2D eigenvalue weighted by atomic mass is 10.2. The zero-order valence-electron chi connectivity index (χ0n) is 14.2. The van der Waals surface area contributed by atoms with Gasteiger partial charge in [-0.25, -0.2) is 14.8 Å². The lowest BCUT2D eigenvalue weighted by molar-refractivity contribution is -0.142. The minimum absolute atomic E-state index is 0.0166. The first kappa shape index (κ1) is 18.2. The van der Waals surface area contributed by atoms with E-state index in [4.69, 9.17) is 0 Å². The molecule has 3 heterocycles. The van der Waals surface area contributed by atoms with Gasteiger partial charge >= 0.3 is 12.1 Å². The Morgan fingerprint density at radius 2 is 1.88 bits per heavy atom. The van der Waals surface area contributed by atoms with Crippen LogP contribution in [0.5, 0.6) is 0 Å². The van der Waals surface area contributed by atoms with Gasteiger partial charge < -0.3 is 9.64 Å². The van der Waals surface area contributed by atoms with Crippen LogP contribution in [0.3, 0.4) is 0 Å². The van der Waals surface area contributed by atoms with Crippen LogP contribution in [0.25, 0.3) is 0 Å². The molecule has 2 aromatic rings. The summed E-state index contributed by atoms with van der Waals surface area (Å²) in [6.45, 7) is 3.32. The van der Waals surface area contributed by atoms with Crippen LogP contribution < -0.4 is 4.90 Å². The van der Waals surface area contributed by atoms with E-state index in [-0.39, 0.29) is 13.2 Å². The van der Waals surface area contributed by atoms with E-state index in [0.717, 1.165) is 36.8 Å². The molecule has 1 aliphatic rings. The maximum absolute atomic E-state index is 13.1. The van der Waals surface area contributed by atoms with Gasteiger partial charge in [0.1, 0.15) is 5.56 Å². The molecule has 140 valence electrons. The zero-order valence-corrected chi connectivity index (χ0v) is 14.2. The van der Waals surface area contributed by atoms with Gasteiger partial charge in [-0.05, 0) is 19.8 Å². The Kier molecular flexibility index (Phi) is 5.10. The van der Waals surface area contributed by atoms with E-state index < -0.39 is 23.4 Å². The molecule has 0 spiro atoms. The van der Waals surface area contributed by atoms with Crippen molar-refractivity contribution in [1.29, 1.82) is 0 Å². The number of alkyl halides is 3. The predicted octanol–water partition coefficient (Wildman–Crippen LogP) is 2.52. The first-order valence-electron chi connectivity index (χ1n) is 8.26. The van der Waals surface area contributed by atoms with Crippen molar-refractivity contribution >= 4 is 11.9 Å². The first-order valence-corrected chi connectivity index (χ1v) is 8.26. The summed E-state index contributed by atoms with van der Waals surface area (Å²) < 4.78 is 45.1. The SMILES string of the molecule is CCOC(=O)c1cn(Cc2cnc(N3CCCC3)nc2)nc1C(F)(F)F. The number of rotatable bonds is 5. The highest BCUT2D eigenvalue weighted by atomic mass is 19.4. The minimum atomic E-state index is -4.75. The molecule has 1 aliphatic heterocycles. The second-order valence-electron chi connectivity index (χ2n) is 5.89. The molecule has 0 bridgehead atoms. The molecule has 26 heavy (non-hydrogen) atoms. The summed E-state index contributed by atoms with van der Waals surface area (Å²) in [6.07, 6.45) is 1.59. The van der Waals surface area contributed by atoms with Gasteiger partial charge in [-0.2, -0.15) is 18.3 Å². The third kappa shape index (κ3) is 3.94. The van der Waals surface area contributed by atoms with Crippen molar-refractivity contribution in [2.45, 2.75) is 32.5 Å². The van der Waals surface area contributed by atoms with E-state index in [2.05, 4.69) is 24.7 Å². The van der Waals surface area contributed by atoms with Crippen LogP contribution in [0.2, 0.25) is 0 Å². The number of nitrogens with zero attached hydrogens (tertiary/aromatic N) is 5. The normalized spacial score (nSPS) is 14.7. The molecular weight excluding hydrogens is 351 g/mol. The largest absolute Gasteiger partial charge is 0.462 e. The Morgan fingerprint density at radius 1 is 1.23 bits per heavy atom. The number of aromatic nitrogens is 4. The molecule has 0 atom stereocenters. The number of carbonyl (C=O) groups is 1. The smallest absolute Gasteiger partial charge is 0.436 e. The summed E-state index contributed by atoms with van der Waals surface area (Å²) in [7, 11) is 0. The highest BCUT2D eigenvalue weighted by Gasteiger charge is 2.39. The standard InChI is InChI=1S/C16H18F3N5O2/c1-2-26-14(25)12-10-24(22-13(12)16(17,18)19)9-11-7-20-15(21-8-11)23-5-3-4-6-23/h7-8,10H,2-6,9H2,1H3. The van der Waals surface area contributed by atoms with Gasteiger partial charge in [-0.3, -0.25) is 4.68 Å². The number of ether oxygens (including phenoxy) is 1. The summed E-state index contributed by atoms with van der Waals surface area (Å²) in [6, 6.07) is 0. The second-order valence-corrected chi connectivity index (χ2v) is 5.89. The molecule has 0 saturated carbocycles. The van der Waals surface area contributed by atoms with Crippen molar-refractivity contribution in [3.8, 4) is 0 Å².